The van der Waals surface area contributed by atoms with Crippen LogP contribution in [0.3, 0.4) is 0 Å². The molecule has 1 aliphatic rings. The highest BCUT2D eigenvalue weighted by Gasteiger charge is 2.21. The Bertz CT molecular complexity index is 371. The fraction of sp³-hybridized carbons (Fsp3) is 0.625. The monoisotopic (exact) mass is 247 g/mol. The molecule has 2 rings (SSSR count). The second-order valence-corrected chi connectivity index (χ2v) is 5.59. The van der Waals surface area contributed by atoms with Crippen LogP contribution in [0.2, 0.25) is 0 Å². The average Bonchev–Trinajstić information content (AvgIpc) is 2.28. The molecule has 2 nitrogen and oxygen atoms in total. The summed E-state index contributed by atoms with van der Waals surface area (Å²) in [6.07, 6.45) is 5.40. The Morgan fingerprint density at radius 1 is 1.33 bits per heavy atom. The number of benzene rings is 1. The van der Waals surface area contributed by atoms with Gasteiger partial charge in [0.1, 0.15) is 0 Å². The van der Waals surface area contributed by atoms with Crippen molar-refractivity contribution >= 4 is 0 Å². The molecule has 0 aliphatic heterocycles. The molecule has 1 aliphatic carbocycles. The number of ether oxygens (including phenoxy) is 1. The summed E-state index contributed by atoms with van der Waals surface area (Å²) >= 11 is 0. The van der Waals surface area contributed by atoms with Gasteiger partial charge in [0.05, 0.1) is 6.10 Å². The molecule has 0 aromatic heterocycles. The van der Waals surface area contributed by atoms with E-state index in [0.29, 0.717) is 0 Å². The van der Waals surface area contributed by atoms with E-state index in [2.05, 4.69) is 31.2 Å². The molecule has 100 valence electrons. The summed E-state index contributed by atoms with van der Waals surface area (Å²) in [5.74, 6) is 0.899. The predicted octanol–water partition coefficient (Wildman–Crippen LogP) is 3.59. The molecule has 0 spiro atoms. The summed E-state index contributed by atoms with van der Waals surface area (Å²) in [5.41, 5.74) is 8.58. The van der Waals surface area contributed by atoms with Crippen molar-refractivity contribution in [1.82, 2.24) is 0 Å². The third-order valence-electron chi connectivity index (χ3n) is 4.02. The quantitative estimate of drug-likeness (QED) is 0.833. The molecular weight excluding hydrogens is 222 g/mol. The maximum atomic E-state index is 6.08. The fourth-order valence-electron chi connectivity index (χ4n) is 2.57. The molecule has 0 heterocycles. The van der Waals surface area contributed by atoms with Crippen molar-refractivity contribution in [2.75, 3.05) is 6.61 Å². The molecule has 1 saturated carbocycles. The molecule has 2 unspecified atom stereocenters. The molecule has 1 fully saturated rings. The standard InChI is InChI=1S/C16H25NO/c1-12-6-3-4-9-15(12)16(13(2)17)18-11-10-14-7-5-8-14/h3-4,6,9,13-14,16H,5,7-8,10-11,17H2,1-2H3. The molecule has 2 atom stereocenters. The van der Waals surface area contributed by atoms with Crippen LogP contribution in [0.15, 0.2) is 24.3 Å². The van der Waals surface area contributed by atoms with E-state index >= 15 is 0 Å². The maximum absolute atomic E-state index is 6.08. The van der Waals surface area contributed by atoms with E-state index in [0.717, 1.165) is 12.5 Å². The van der Waals surface area contributed by atoms with Crippen LogP contribution >= 0.6 is 0 Å². The van der Waals surface area contributed by atoms with Crippen LogP contribution in [0.5, 0.6) is 0 Å². The zero-order chi connectivity index (χ0) is 13.0. The lowest BCUT2D eigenvalue weighted by molar-refractivity contribution is 0.0242. The van der Waals surface area contributed by atoms with Crippen molar-refractivity contribution in [3.63, 3.8) is 0 Å². The van der Waals surface area contributed by atoms with E-state index in [1.165, 1.54) is 36.8 Å². The molecule has 1 aromatic rings. The maximum Gasteiger partial charge on any atom is 0.0975 e. The van der Waals surface area contributed by atoms with E-state index in [9.17, 15) is 0 Å². The number of nitrogens with two attached hydrogens (primary N) is 1. The number of aryl methyl sites for hydroxylation is 1. The lowest BCUT2D eigenvalue weighted by Gasteiger charge is -2.28. The van der Waals surface area contributed by atoms with Gasteiger partial charge in [-0.05, 0) is 37.3 Å². The van der Waals surface area contributed by atoms with Crippen LogP contribution in [0.1, 0.15) is 49.8 Å². The summed E-state index contributed by atoms with van der Waals surface area (Å²) in [6, 6.07) is 8.41. The van der Waals surface area contributed by atoms with Gasteiger partial charge in [-0.15, -0.1) is 0 Å². The van der Waals surface area contributed by atoms with Crippen LogP contribution in [-0.4, -0.2) is 12.6 Å². The van der Waals surface area contributed by atoms with E-state index in [4.69, 9.17) is 10.5 Å². The largest absolute Gasteiger partial charge is 0.372 e. The molecule has 18 heavy (non-hydrogen) atoms. The minimum absolute atomic E-state index is 0.0336. The smallest absolute Gasteiger partial charge is 0.0975 e. The van der Waals surface area contributed by atoms with E-state index < -0.39 is 0 Å². The van der Waals surface area contributed by atoms with Crippen LogP contribution in [0, 0.1) is 12.8 Å². The molecule has 0 radical (unpaired) electrons. The fourth-order valence-corrected chi connectivity index (χ4v) is 2.57. The van der Waals surface area contributed by atoms with Crippen LogP contribution in [0.4, 0.5) is 0 Å². The Kier molecular flexibility index (Phi) is 4.79. The SMILES string of the molecule is Cc1ccccc1C(OCCC1CCC1)C(C)N. The lowest BCUT2D eigenvalue weighted by Crippen LogP contribution is -2.28. The van der Waals surface area contributed by atoms with Gasteiger partial charge in [-0.1, -0.05) is 43.5 Å². The van der Waals surface area contributed by atoms with Gasteiger partial charge >= 0.3 is 0 Å². The minimum atomic E-state index is 0.0336. The average molecular weight is 247 g/mol. The topological polar surface area (TPSA) is 35.2 Å². The van der Waals surface area contributed by atoms with Crippen molar-refractivity contribution in [2.24, 2.45) is 11.7 Å². The van der Waals surface area contributed by atoms with E-state index in [1.807, 2.05) is 6.92 Å². The van der Waals surface area contributed by atoms with Gasteiger partial charge in [-0.2, -0.15) is 0 Å². The van der Waals surface area contributed by atoms with Crippen LogP contribution in [0.25, 0.3) is 0 Å². The summed E-state index contributed by atoms with van der Waals surface area (Å²) in [6.45, 7) is 4.99. The number of hydrogen-bond donors (Lipinski definition) is 1. The summed E-state index contributed by atoms with van der Waals surface area (Å²) in [5, 5.41) is 0. The van der Waals surface area contributed by atoms with Crippen molar-refractivity contribution in [3.8, 4) is 0 Å². The van der Waals surface area contributed by atoms with Crippen molar-refractivity contribution < 1.29 is 4.74 Å². The van der Waals surface area contributed by atoms with Crippen molar-refractivity contribution in [3.05, 3.63) is 35.4 Å². The highest BCUT2D eigenvalue weighted by Crippen LogP contribution is 2.30. The van der Waals surface area contributed by atoms with Gasteiger partial charge in [0.2, 0.25) is 0 Å². The van der Waals surface area contributed by atoms with Crippen molar-refractivity contribution in [2.45, 2.75) is 51.7 Å². The van der Waals surface area contributed by atoms with Crippen molar-refractivity contribution in [1.29, 1.82) is 0 Å². The molecule has 2 heteroatoms. The number of hydrogen-bond acceptors (Lipinski definition) is 2. The second-order valence-electron chi connectivity index (χ2n) is 5.59. The molecule has 1 aromatic carbocycles. The summed E-state index contributed by atoms with van der Waals surface area (Å²) in [4.78, 5) is 0. The zero-order valence-electron chi connectivity index (χ0n) is 11.6. The summed E-state index contributed by atoms with van der Waals surface area (Å²) < 4.78 is 6.05. The Balaban J connectivity index is 1.92. The molecule has 0 saturated heterocycles. The molecular formula is C16H25NO. The first-order valence-corrected chi connectivity index (χ1v) is 7.11. The minimum Gasteiger partial charge on any atom is -0.372 e. The van der Waals surface area contributed by atoms with Gasteiger partial charge in [-0.3, -0.25) is 0 Å². The lowest BCUT2D eigenvalue weighted by atomic mass is 9.83. The van der Waals surface area contributed by atoms with E-state index in [-0.39, 0.29) is 12.1 Å². The highest BCUT2D eigenvalue weighted by molar-refractivity contribution is 5.28. The van der Waals surface area contributed by atoms with Crippen LogP contribution < -0.4 is 5.73 Å². The Morgan fingerprint density at radius 2 is 2.06 bits per heavy atom. The van der Waals surface area contributed by atoms with Gasteiger partial charge in [-0.25, -0.2) is 0 Å². The first kappa shape index (κ1) is 13.6. The first-order chi connectivity index (χ1) is 8.68. The normalized spacial score (nSPS) is 19.3. The third kappa shape index (κ3) is 3.33. The third-order valence-corrected chi connectivity index (χ3v) is 4.02. The zero-order valence-corrected chi connectivity index (χ0v) is 11.6. The van der Waals surface area contributed by atoms with E-state index in [1.54, 1.807) is 0 Å². The number of rotatable bonds is 6. The Labute approximate surface area is 111 Å². The summed E-state index contributed by atoms with van der Waals surface area (Å²) in [7, 11) is 0. The second kappa shape index (κ2) is 6.35. The first-order valence-electron chi connectivity index (χ1n) is 7.11. The molecule has 0 bridgehead atoms. The van der Waals surface area contributed by atoms with Crippen LogP contribution in [-0.2, 0) is 4.74 Å². The highest BCUT2D eigenvalue weighted by atomic mass is 16.5. The molecule has 0 amide bonds. The molecule has 2 N–H and O–H groups in total. The van der Waals surface area contributed by atoms with Gasteiger partial charge in [0.15, 0.2) is 0 Å². The van der Waals surface area contributed by atoms with Gasteiger partial charge in [0.25, 0.3) is 0 Å². The van der Waals surface area contributed by atoms with Gasteiger partial charge < -0.3 is 10.5 Å². The van der Waals surface area contributed by atoms with Gasteiger partial charge in [0, 0.05) is 12.6 Å². The predicted molar refractivity (Wildman–Crippen MR) is 75.5 cm³/mol. The Hall–Kier alpha value is -0.860. The Morgan fingerprint density at radius 3 is 2.61 bits per heavy atom.